The largest absolute Gasteiger partial charge is 0.473 e. The maximum atomic E-state index is 9.10. The van der Waals surface area contributed by atoms with Gasteiger partial charge in [-0.15, -0.1) is 11.8 Å². The van der Waals surface area contributed by atoms with Crippen molar-refractivity contribution in [2.24, 2.45) is 0 Å². The van der Waals surface area contributed by atoms with Crippen LogP contribution in [0.5, 0.6) is 0 Å². The molecule has 0 radical (unpaired) electrons. The summed E-state index contributed by atoms with van der Waals surface area (Å²) in [5.41, 5.74) is 2.88. The first-order valence-electron chi connectivity index (χ1n) is 9.49. The Morgan fingerprint density at radius 1 is 1.07 bits per heavy atom. The van der Waals surface area contributed by atoms with Crippen LogP contribution in [0.4, 0.5) is 0 Å². The van der Waals surface area contributed by atoms with Crippen molar-refractivity contribution in [2.45, 2.75) is 55.5 Å². The summed E-state index contributed by atoms with van der Waals surface area (Å²) in [7, 11) is 0. The van der Waals surface area contributed by atoms with Crippen LogP contribution in [-0.2, 0) is 9.59 Å². The summed E-state index contributed by atoms with van der Waals surface area (Å²) >= 11 is 2.00. The third kappa shape index (κ3) is 5.05. The van der Waals surface area contributed by atoms with Gasteiger partial charge in [-0.25, -0.2) is 9.59 Å². The topological polar surface area (TPSA) is 102 Å². The van der Waals surface area contributed by atoms with E-state index in [-0.39, 0.29) is 0 Å². The van der Waals surface area contributed by atoms with Crippen molar-refractivity contribution in [1.29, 1.82) is 0 Å². The number of aromatic amines is 1. The number of hydrogen-bond donors (Lipinski definition) is 4. The number of nitrogens with one attached hydrogen (secondary N) is 2. The lowest BCUT2D eigenvalue weighted by Crippen LogP contribution is -2.34. The molecule has 1 atom stereocenters. The first-order valence-corrected chi connectivity index (χ1v) is 10.5. The average Bonchev–Trinajstić information content (AvgIpc) is 3.07. The Morgan fingerprint density at radius 2 is 1.78 bits per heavy atom. The molecule has 1 aromatic heterocycles. The van der Waals surface area contributed by atoms with Gasteiger partial charge in [0.05, 0.1) is 5.03 Å². The van der Waals surface area contributed by atoms with Gasteiger partial charge in [0.1, 0.15) is 0 Å². The summed E-state index contributed by atoms with van der Waals surface area (Å²) in [6, 6.07) is 9.55. The standard InChI is InChI=1S/C18H24N2S.C2H2O4/c1-2-6-14(7-3-1)19-12-13-10-11-21-18-17(13)15-8-4-5-9-16(15)20-18;3-1(4)2(5)6/h4-5,8-9,13-14,19-20H,1-3,6-7,10-12H2;(H,3,4)(H,5,6). The Bertz CT molecular complexity index is 786. The molecule has 0 bridgehead atoms. The number of fused-ring (bicyclic) bond motifs is 3. The maximum Gasteiger partial charge on any atom is 0.414 e. The highest BCUT2D eigenvalue weighted by Crippen LogP contribution is 2.41. The number of aliphatic carboxylic acids is 2. The first-order chi connectivity index (χ1) is 13.1. The van der Waals surface area contributed by atoms with Crippen molar-refractivity contribution < 1.29 is 19.8 Å². The number of carboxylic acids is 2. The molecule has 6 nitrogen and oxygen atoms in total. The number of hydrogen-bond acceptors (Lipinski definition) is 4. The van der Waals surface area contributed by atoms with Crippen LogP contribution < -0.4 is 5.32 Å². The zero-order chi connectivity index (χ0) is 19.2. The van der Waals surface area contributed by atoms with Gasteiger partial charge in [0, 0.05) is 35.2 Å². The molecule has 4 N–H and O–H groups in total. The summed E-state index contributed by atoms with van der Waals surface area (Å²) in [4.78, 5) is 21.8. The molecule has 27 heavy (non-hydrogen) atoms. The molecular formula is C20H26N2O4S. The lowest BCUT2D eigenvalue weighted by atomic mass is 9.92. The van der Waals surface area contributed by atoms with Crippen molar-refractivity contribution in [3.8, 4) is 0 Å². The monoisotopic (exact) mass is 390 g/mol. The molecule has 1 saturated carbocycles. The van der Waals surface area contributed by atoms with Gasteiger partial charge >= 0.3 is 11.9 Å². The summed E-state index contributed by atoms with van der Waals surface area (Å²) in [6.45, 7) is 1.15. The average molecular weight is 391 g/mol. The first kappa shape index (κ1) is 19.8. The van der Waals surface area contributed by atoms with Crippen LogP contribution in [0.15, 0.2) is 29.3 Å². The Morgan fingerprint density at radius 3 is 2.48 bits per heavy atom. The van der Waals surface area contributed by atoms with E-state index in [0.29, 0.717) is 5.92 Å². The number of rotatable bonds is 3. The van der Waals surface area contributed by atoms with Crippen LogP contribution in [0.1, 0.15) is 50.0 Å². The number of thioether (sulfide) groups is 1. The van der Waals surface area contributed by atoms with Crippen LogP contribution in [0.25, 0.3) is 10.9 Å². The molecule has 4 rings (SSSR count). The zero-order valence-electron chi connectivity index (χ0n) is 15.2. The quantitative estimate of drug-likeness (QED) is 0.594. The SMILES string of the molecule is O=C(O)C(=O)O.c1ccc2c3c([nH]c2c1)SCCC3CNC1CCCCC1. The van der Waals surface area contributed by atoms with Gasteiger partial charge in [-0.1, -0.05) is 37.5 Å². The third-order valence-electron chi connectivity index (χ3n) is 5.27. The molecule has 7 heteroatoms. The number of benzene rings is 1. The minimum absolute atomic E-state index is 0.680. The van der Waals surface area contributed by atoms with Gasteiger partial charge in [0.15, 0.2) is 0 Å². The highest BCUT2D eigenvalue weighted by Gasteiger charge is 2.25. The highest BCUT2D eigenvalue weighted by atomic mass is 32.2. The fourth-order valence-electron chi connectivity index (χ4n) is 3.93. The summed E-state index contributed by atoms with van der Waals surface area (Å²) in [5, 5.41) is 21.5. The van der Waals surface area contributed by atoms with E-state index in [0.717, 1.165) is 12.6 Å². The molecular weight excluding hydrogens is 364 g/mol. The van der Waals surface area contributed by atoms with Gasteiger partial charge < -0.3 is 20.5 Å². The van der Waals surface area contributed by atoms with Crippen molar-refractivity contribution in [2.75, 3.05) is 12.3 Å². The van der Waals surface area contributed by atoms with Crippen LogP contribution in [-0.4, -0.2) is 45.5 Å². The zero-order valence-corrected chi connectivity index (χ0v) is 16.1. The molecule has 1 aliphatic carbocycles. The van der Waals surface area contributed by atoms with Crippen LogP contribution in [0, 0.1) is 0 Å². The smallest absolute Gasteiger partial charge is 0.414 e. The molecule has 2 heterocycles. The van der Waals surface area contributed by atoms with Crippen LogP contribution in [0.2, 0.25) is 0 Å². The van der Waals surface area contributed by atoms with E-state index in [4.69, 9.17) is 19.8 Å². The minimum Gasteiger partial charge on any atom is -0.473 e. The second-order valence-electron chi connectivity index (χ2n) is 7.10. The number of aromatic nitrogens is 1. The summed E-state index contributed by atoms with van der Waals surface area (Å²) < 4.78 is 0. The Labute approximate surface area is 162 Å². The summed E-state index contributed by atoms with van der Waals surface area (Å²) in [6.07, 6.45) is 8.32. The Kier molecular flexibility index (Phi) is 6.79. The molecule has 1 fully saturated rings. The van der Waals surface area contributed by atoms with E-state index in [1.165, 1.54) is 60.2 Å². The maximum absolute atomic E-state index is 9.10. The third-order valence-corrected chi connectivity index (χ3v) is 6.32. The van der Waals surface area contributed by atoms with E-state index < -0.39 is 11.9 Å². The van der Waals surface area contributed by atoms with Gasteiger partial charge in [0.25, 0.3) is 0 Å². The molecule has 0 amide bonds. The van der Waals surface area contributed by atoms with Gasteiger partial charge in [-0.2, -0.15) is 0 Å². The van der Waals surface area contributed by atoms with Crippen LogP contribution >= 0.6 is 11.8 Å². The van der Waals surface area contributed by atoms with Crippen molar-refractivity contribution >= 4 is 34.6 Å². The van der Waals surface area contributed by atoms with Gasteiger partial charge in [-0.05, 0) is 30.9 Å². The lowest BCUT2D eigenvalue weighted by Gasteiger charge is -2.28. The fraction of sp³-hybridized carbons (Fsp3) is 0.500. The molecule has 1 aliphatic heterocycles. The second-order valence-corrected chi connectivity index (χ2v) is 8.21. The number of H-pyrrole nitrogens is 1. The van der Waals surface area contributed by atoms with Crippen molar-refractivity contribution in [3.63, 3.8) is 0 Å². The predicted molar refractivity (Wildman–Crippen MR) is 107 cm³/mol. The molecule has 0 spiro atoms. The van der Waals surface area contributed by atoms with Gasteiger partial charge in [0.2, 0.25) is 0 Å². The number of carbonyl (C=O) groups is 2. The van der Waals surface area contributed by atoms with Crippen molar-refractivity contribution in [3.05, 3.63) is 29.8 Å². The predicted octanol–water partition coefficient (Wildman–Crippen LogP) is 3.83. The van der Waals surface area contributed by atoms with Gasteiger partial charge in [-0.3, -0.25) is 0 Å². The van der Waals surface area contributed by atoms with E-state index in [9.17, 15) is 0 Å². The Balaban J connectivity index is 0.000000307. The van der Waals surface area contributed by atoms with E-state index in [2.05, 4.69) is 34.6 Å². The van der Waals surface area contributed by atoms with E-state index in [1.807, 2.05) is 11.8 Å². The number of carboxylic acid groups (broad SMARTS) is 2. The van der Waals surface area contributed by atoms with E-state index in [1.54, 1.807) is 5.56 Å². The summed E-state index contributed by atoms with van der Waals surface area (Å²) in [5.74, 6) is -1.72. The normalized spacial score (nSPS) is 19.8. The molecule has 1 unspecified atom stereocenters. The molecule has 2 aliphatic rings. The molecule has 0 saturated heterocycles. The minimum atomic E-state index is -1.82. The lowest BCUT2D eigenvalue weighted by molar-refractivity contribution is -0.159. The van der Waals surface area contributed by atoms with E-state index >= 15 is 0 Å². The second kappa shape index (κ2) is 9.28. The fourth-order valence-corrected chi connectivity index (χ4v) is 5.15. The molecule has 2 aromatic rings. The van der Waals surface area contributed by atoms with Crippen molar-refractivity contribution in [1.82, 2.24) is 10.3 Å². The number of para-hydroxylation sites is 1. The highest BCUT2D eigenvalue weighted by molar-refractivity contribution is 7.99. The molecule has 1 aromatic carbocycles. The Hall–Kier alpha value is -1.99. The van der Waals surface area contributed by atoms with Crippen LogP contribution in [0.3, 0.4) is 0 Å². The molecule has 146 valence electrons.